The first kappa shape index (κ1) is 23.5. The number of aromatic nitrogens is 5. The van der Waals surface area contributed by atoms with Crippen molar-refractivity contribution in [3.05, 3.63) is 87.0 Å². The number of carbonyl (C=O) groups is 1. The van der Waals surface area contributed by atoms with E-state index in [0.717, 1.165) is 11.1 Å². The van der Waals surface area contributed by atoms with Crippen LogP contribution in [-0.4, -0.2) is 44.3 Å². The highest BCUT2D eigenvalue weighted by atomic mass is 35.5. The van der Waals surface area contributed by atoms with E-state index >= 15 is 0 Å². The van der Waals surface area contributed by atoms with Gasteiger partial charge in [0.1, 0.15) is 30.1 Å². The first-order valence-electron chi connectivity index (χ1n) is 10.8. The molecular formula is C24H19ClN6O4S. The Labute approximate surface area is 213 Å². The zero-order valence-corrected chi connectivity index (χ0v) is 20.2. The molecular weight excluding hydrogens is 504 g/mol. The fraction of sp³-hybridized carbons (Fsp3) is 0.125. The molecule has 12 heteroatoms. The average Bonchev–Trinajstić information content (AvgIpc) is 3.56. The second-order valence-electron chi connectivity index (χ2n) is 7.54. The Balaban J connectivity index is 1.23. The molecule has 0 unspecified atom stereocenters. The number of rotatable bonds is 9. The summed E-state index contributed by atoms with van der Waals surface area (Å²) in [6.07, 6.45) is 1.36. The lowest BCUT2D eigenvalue weighted by Crippen LogP contribution is -2.27. The summed E-state index contributed by atoms with van der Waals surface area (Å²) < 4.78 is 11.0. The fourth-order valence-corrected chi connectivity index (χ4v) is 4.68. The molecule has 0 bridgehead atoms. The summed E-state index contributed by atoms with van der Waals surface area (Å²) in [5, 5.41) is 11.8. The Morgan fingerprint density at radius 3 is 2.78 bits per heavy atom. The largest absolute Gasteiger partial charge is 0.490 e. The van der Waals surface area contributed by atoms with Crippen LogP contribution < -0.4 is 20.3 Å². The van der Waals surface area contributed by atoms with E-state index in [1.165, 1.54) is 17.7 Å². The van der Waals surface area contributed by atoms with E-state index in [4.69, 9.17) is 21.1 Å². The summed E-state index contributed by atoms with van der Waals surface area (Å²) in [6.45, 7) is 0.818. The molecule has 0 aliphatic carbocycles. The highest BCUT2D eigenvalue weighted by Gasteiger charge is 2.17. The minimum Gasteiger partial charge on any atom is -0.490 e. The normalized spacial score (nSPS) is 10.9. The molecule has 0 saturated heterocycles. The number of carbonyl (C=O) groups excluding carboxylic acids is 1. The summed E-state index contributed by atoms with van der Waals surface area (Å²) >= 11 is 7.59. The second kappa shape index (κ2) is 10.6. The molecule has 1 amide bonds. The van der Waals surface area contributed by atoms with Gasteiger partial charge in [-0.15, -0.1) is 11.3 Å². The zero-order chi connectivity index (χ0) is 24.9. The molecule has 0 saturated carbocycles. The van der Waals surface area contributed by atoms with Gasteiger partial charge in [0.2, 0.25) is 5.82 Å². The van der Waals surface area contributed by atoms with Gasteiger partial charge in [-0.05, 0) is 23.8 Å². The third-order valence-electron chi connectivity index (χ3n) is 5.16. The molecule has 0 aliphatic rings. The molecule has 3 aromatic heterocycles. The van der Waals surface area contributed by atoms with Crippen molar-refractivity contribution >= 4 is 39.1 Å². The second-order valence-corrected chi connectivity index (χ2v) is 8.81. The molecule has 182 valence electrons. The number of amides is 1. The van der Waals surface area contributed by atoms with Crippen LogP contribution in [0, 0.1) is 0 Å². The number of fused-ring (bicyclic) bond motifs is 1. The molecule has 0 atom stereocenters. The standard InChI is InChI=1S/C24H19ClN6O4S/c25-18-7-2-1-6-16(18)17-12-36-23-19(17)21(32)29-20(30-23)22(33)26-11-14-4-3-5-15(10-14)34-8-9-35-24-27-13-28-31-24/h1-7,10,12-13H,8-9,11H2,(H,26,33)(H,27,28,31)(H,29,30,32). The van der Waals surface area contributed by atoms with Crippen LogP contribution in [0.3, 0.4) is 0 Å². The van der Waals surface area contributed by atoms with Gasteiger partial charge in [-0.1, -0.05) is 41.9 Å². The van der Waals surface area contributed by atoms with Gasteiger partial charge in [0.25, 0.3) is 11.5 Å². The maximum atomic E-state index is 12.8. The number of benzene rings is 2. The molecule has 0 fully saturated rings. The van der Waals surface area contributed by atoms with Gasteiger partial charge in [-0.25, -0.2) is 10.1 Å². The molecule has 2 aromatic carbocycles. The summed E-state index contributed by atoms with van der Waals surface area (Å²) in [7, 11) is 0. The Morgan fingerprint density at radius 2 is 1.94 bits per heavy atom. The quantitative estimate of drug-likeness (QED) is 0.250. The number of hydrogen-bond acceptors (Lipinski definition) is 8. The van der Waals surface area contributed by atoms with Crippen molar-refractivity contribution in [2.24, 2.45) is 0 Å². The number of nitrogens with zero attached hydrogens (tertiary/aromatic N) is 3. The van der Waals surface area contributed by atoms with Gasteiger partial charge in [0.15, 0.2) is 0 Å². The number of H-pyrrole nitrogens is 2. The van der Waals surface area contributed by atoms with E-state index < -0.39 is 11.5 Å². The van der Waals surface area contributed by atoms with Crippen LogP contribution in [0.15, 0.2) is 65.0 Å². The molecule has 3 heterocycles. The molecule has 0 aliphatic heterocycles. The van der Waals surface area contributed by atoms with Crippen LogP contribution in [-0.2, 0) is 6.54 Å². The van der Waals surface area contributed by atoms with Gasteiger partial charge >= 0.3 is 6.01 Å². The van der Waals surface area contributed by atoms with Crippen LogP contribution in [0.25, 0.3) is 21.3 Å². The van der Waals surface area contributed by atoms with E-state index in [2.05, 4.69) is 30.5 Å². The van der Waals surface area contributed by atoms with Crippen LogP contribution in [0.5, 0.6) is 11.8 Å². The number of aromatic amines is 2. The third kappa shape index (κ3) is 5.21. The number of halogens is 1. The lowest BCUT2D eigenvalue weighted by Gasteiger charge is -2.09. The number of ether oxygens (including phenoxy) is 2. The smallest absolute Gasteiger partial charge is 0.312 e. The van der Waals surface area contributed by atoms with Crippen molar-refractivity contribution < 1.29 is 14.3 Å². The number of thiophene rings is 1. The highest BCUT2D eigenvalue weighted by molar-refractivity contribution is 7.17. The van der Waals surface area contributed by atoms with Crippen molar-refractivity contribution in [2.45, 2.75) is 6.54 Å². The first-order chi connectivity index (χ1) is 17.6. The summed E-state index contributed by atoms with van der Waals surface area (Å²) in [5.74, 6) is 0.0760. The van der Waals surface area contributed by atoms with Crippen molar-refractivity contribution in [2.75, 3.05) is 13.2 Å². The maximum Gasteiger partial charge on any atom is 0.312 e. The Kier molecular flexibility index (Phi) is 6.92. The molecule has 3 N–H and O–H groups in total. The van der Waals surface area contributed by atoms with Gasteiger partial charge in [0, 0.05) is 28.1 Å². The predicted molar refractivity (Wildman–Crippen MR) is 136 cm³/mol. The summed E-state index contributed by atoms with van der Waals surface area (Å²) in [6, 6.07) is 14.9. The summed E-state index contributed by atoms with van der Waals surface area (Å²) in [4.78, 5) is 36.9. The van der Waals surface area contributed by atoms with Gasteiger partial charge in [0.05, 0.1) is 5.39 Å². The highest BCUT2D eigenvalue weighted by Crippen LogP contribution is 2.34. The van der Waals surface area contributed by atoms with E-state index in [-0.39, 0.29) is 12.4 Å². The van der Waals surface area contributed by atoms with Gasteiger partial charge in [-0.2, -0.15) is 10.1 Å². The minimum atomic E-state index is -0.492. The van der Waals surface area contributed by atoms with Crippen molar-refractivity contribution in [1.29, 1.82) is 0 Å². The summed E-state index contributed by atoms with van der Waals surface area (Å²) in [5.41, 5.74) is 1.84. The van der Waals surface area contributed by atoms with Crippen LogP contribution in [0.4, 0.5) is 0 Å². The van der Waals surface area contributed by atoms with Crippen LogP contribution >= 0.6 is 22.9 Å². The molecule has 5 aromatic rings. The van der Waals surface area contributed by atoms with Crippen molar-refractivity contribution in [3.63, 3.8) is 0 Å². The Morgan fingerprint density at radius 1 is 1.08 bits per heavy atom. The van der Waals surface area contributed by atoms with E-state index in [0.29, 0.717) is 45.8 Å². The molecule has 5 rings (SSSR count). The molecule has 0 radical (unpaired) electrons. The van der Waals surface area contributed by atoms with Crippen LogP contribution in [0.2, 0.25) is 5.02 Å². The van der Waals surface area contributed by atoms with Crippen LogP contribution in [0.1, 0.15) is 16.2 Å². The maximum absolute atomic E-state index is 12.8. The van der Waals surface area contributed by atoms with E-state index in [9.17, 15) is 9.59 Å². The lowest BCUT2D eigenvalue weighted by atomic mass is 10.1. The SMILES string of the molecule is O=C(NCc1cccc(OCCOc2ncn[nH]2)c1)c1nc2scc(-c3ccccc3Cl)c2c(=O)[nH]1. The fourth-order valence-electron chi connectivity index (χ4n) is 3.51. The van der Waals surface area contributed by atoms with Crippen molar-refractivity contribution in [1.82, 2.24) is 30.5 Å². The Bertz CT molecular complexity index is 1570. The average molecular weight is 523 g/mol. The van der Waals surface area contributed by atoms with Gasteiger partial charge in [-0.3, -0.25) is 9.59 Å². The monoisotopic (exact) mass is 522 g/mol. The van der Waals surface area contributed by atoms with Gasteiger partial charge < -0.3 is 19.8 Å². The lowest BCUT2D eigenvalue weighted by molar-refractivity contribution is 0.0940. The molecule has 10 nitrogen and oxygen atoms in total. The van der Waals surface area contributed by atoms with E-state index in [1.807, 2.05) is 41.8 Å². The predicted octanol–water partition coefficient (Wildman–Crippen LogP) is 3.81. The number of hydrogen-bond donors (Lipinski definition) is 3. The zero-order valence-electron chi connectivity index (χ0n) is 18.7. The third-order valence-corrected chi connectivity index (χ3v) is 6.36. The van der Waals surface area contributed by atoms with E-state index in [1.54, 1.807) is 12.1 Å². The number of nitrogens with one attached hydrogen (secondary N) is 3. The molecule has 36 heavy (non-hydrogen) atoms. The minimum absolute atomic E-state index is 0.0583. The Hall–Kier alpha value is -4.22. The first-order valence-corrected chi connectivity index (χ1v) is 12.1. The topological polar surface area (TPSA) is 135 Å². The van der Waals surface area contributed by atoms with Crippen molar-refractivity contribution in [3.8, 4) is 22.9 Å². The molecule has 0 spiro atoms.